The second kappa shape index (κ2) is 8.28. The summed E-state index contributed by atoms with van der Waals surface area (Å²) in [6, 6.07) is 49.6. The maximum absolute atomic E-state index is 2.48. The van der Waals surface area contributed by atoms with Crippen molar-refractivity contribution in [3.63, 3.8) is 0 Å². The van der Waals surface area contributed by atoms with Gasteiger partial charge in [0.05, 0.1) is 0 Å². The van der Waals surface area contributed by atoms with E-state index in [4.69, 9.17) is 0 Å². The van der Waals surface area contributed by atoms with Crippen LogP contribution in [0.2, 0.25) is 0 Å². The Morgan fingerprint density at radius 1 is 0.375 bits per heavy atom. The molecule has 0 heterocycles. The smallest absolute Gasteiger partial charge is 0.0137 e. The third kappa shape index (κ3) is 3.20. The van der Waals surface area contributed by atoms with Crippen LogP contribution in [0.15, 0.2) is 133 Å². The van der Waals surface area contributed by atoms with Gasteiger partial charge in [-0.05, 0) is 94.3 Å². The van der Waals surface area contributed by atoms with Crippen LogP contribution >= 0.6 is 0 Å². The first-order valence-corrected chi connectivity index (χ1v) is 14.2. The van der Waals surface area contributed by atoms with Crippen molar-refractivity contribution < 1.29 is 0 Å². The predicted molar refractivity (Wildman–Crippen MR) is 170 cm³/mol. The van der Waals surface area contributed by atoms with E-state index in [0.717, 1.165) is 0 Å². The highest BCUT2D eigenvalue weighted by Crippen LogP contribution is 2.50. The van der Waals surface area contributed by atoms with Gasteiger partial charge in [0.1, 0.15) is 0 Å². The first-order valence-electron chi connectivity index (χ1n) is 14.2. The van der Waals surface area contributed by atoms with Gasteiger partial charge < -0.3 is 0 Å². The molecule has 0 radical (unpaired) electrons. The summed E-state index contributed by atoms with van der Waals surface area (Å²) < 4.78 is 0. The summed E-state index contributed by atoms with van der Waals surface area (Å²) in [6.07, 6.45) is 4.97. The van der Waals surface area contributed by atoms with Crippen LogP contribution in [0.3, 0.4) is 0 Å². The van der Waals surface area contributed by atoms with Crippen molar-refractivity contribution in [1.29, 1.82) is 0 Å². The summed E-state index contributed by atoms with van der Waals surface area (Å²) in [5.74, 6) is 0.822. The molecule has 0 heteroatoms. The van der Waals surface area contributed by atoms with E-state index in [-0.39, 0.29) is 0 Å². The molecule has 2 aliphatic carbocycles. The minimum atomic E-state index is 0.411. The van der Waals surface area contributed by atoms with Crippen LogP contribution in [0.1, 0.15) is 23.0 Å². The van der Waals surface area contributed by atoms with Crippen LogP contribution in [0.5, 0.6) is 0 Å². The van der Waals surface area contributed by atoms with Crippen molar-refractivity contribution in [2.24, 2.45) is 0 Å². The van der Waals surface area contributed by atoms with Gasteiger partial charge >= 0.3 is 0 Å². The molecule has 0 N–H and O–H groups in total. The zero-order chi connectivity index (χ0) is 26.2. The van der Waals surface area contributed by atoms with Gasteiger partial charge in [-0.2, -0.15) is 0 Å². The van der Waals surface area contributed by atoms with Crippen LogP contribution in [-0.2, 0) is 0 Å². The maximum Gasteiger partial charge on any atom is 0.0137 e. The quantitative estimate of drug-likeness (QED) is 0.220. The van der Waals surface area contributed by atoms with Crippen LogP contribution in [0, 0.1) is 0 Å². The largest absolute Gasteiger partial charge is 0.0682 e. The fourth-order valence-corrected chi connectivity index (χ4v) is 7.21. The van der Waals surface area contributed by atoms with E-state index in [9.17, 15) is 0 Å². The second-order valence-corrected chi connectivity index (χ2v) is 11.3. The first kappa shape index (κ1) is 21.9. The van der Waals surface area contributed by atoms with Crippen molar-refractivity contribution in [3.8, 4) is 22.3 Å². The van der Waals surface area contributed by atoms with Crippen molar-refractivity contribution in [2.75, 3.05) is 0 Å². The molecule has 0 saturated carbocycles. The molecule has 2 atom stereocenters. The molecule has 0 spiro atoms. The monoisotopic (exact) mass is 506 g/mol. The van der Waals surface area contributed by atoms with Gasteiger partial charge in [0.25, 0.3) is 0 Å². The Labute approximate surface area is 233 Å². The number of fused-ring (bicyclic) bond motifs is 6. The Balaban J connectivity index is 1.15. The molecule has 0 bridgehead atoms. The van der Waals surface area contributed by atoms with Gasteiger partial charge in [-0.3, -0.25) is 0 Å². The molecule has 0 nitrogen and oxygen atoms in total. The minimum Gasteiger partial charge on any atom is -0.0682 e. The summed E-state index contributed by atoms with van der Waals surface area (Å²) >= 11 is 0. The summed E-state index contributed by atoms with van der Waals surface area (Å²) in [5.41, 5.74) is 8.04. The zero-order valence-electron chi connectivity index (χ0n) is 22.0. The fraction of sp³-hybridized carbons (Fsp3) is 0.0500. The number of hydrogen-bond acceptors (Lipinski definition) is 0. The third-order valence-corrected chi connectivity index (χ3v) is 9.16. The maximum atomic E-state index is 2.48. The van der Waals surface area contributed by atoms with Crippen molar-refractivity contribution in [2.45, 2.75) is 11.8 Å². The lowest BCUT2D eigenvalue weighted by Crippen LogP contribution is -2.29. The van der Waals surface area contributed by atoms with Crippen LogP contribution in [-0.4, -0.2) is 0 Å². The molecule has 0 saturated heterocycles. The van der Waals surface area contributed by atoms with Gasteiger partial charge in [0.15, 0.2) is 0 Å². The topological polar surface area (TPSA) is 0 Å². The second-order valence-electron chi connectivity index (χ2n) is 11.3. The molecule has 9 rings (SSSR count). The SMILES string of the molecule is C1=c2ccccc2=CC2c3ccc(-c4ccc5cc(-c6ccc7ccccc7c6)ccc5c4)c4cccc(c34)C12. The molecule has 7 aromatic rings. The molecule has 0 aliphatic heterocycles. The number of benzene rings is 7. The average molecular weight is 507 g/mol. The molecule has 7 aromatic carbocycles. The molecule has 0 aromatic heterocycles. The summed E-state index contributed by atoms with van der Waals surface area (Å²) in [6.45, 7) is 0. The molecule has 2 unspecified atom stereocenters. The van der Waals surface area contributed by atoms with E-state index in [1.54, 1.807) is 0 Å². The summed E-state index contributed by atoms with van der Waals surface area (Å²) in [7, 11) is 0. The normalized spacial score (nSPS) is 16.9. The minimum absolute atomic E-state index is 0.411. The average Bonchev–Trinajstić information content (AvgIpc) is 3.33. The lowest BCUT2D eigenvalue weighted by molar-refractivity contribution is 0.834. The Hall–Kier alpha value is -4.94. The van der Waals surface area contributed by atoms with Gasteiger partial charge in [0.2, 0.25) is 0 Å². The van der Waals surface area contributed by atoms with Crippen LogP contribution in [0.25, 0.3) is 66.7 Å². The number of hydrogen-bond donors (Lipinski definition) is 0. The molecule has 0 fully saturated rings. The molecule has 186 valence electrons. The Morgan fingerprint density at radius 3 is 1.65 bits per heavy atom. The highest BCUT2D eigenvalue weighted by atomic mass is 14.4. The molecular weight excluding hydrogens is 480 g/mol. The van der Waals surface area contributed by atoms with Gasteiger partial charge in [-0.25, -0.2) is 0 Å². The van der Waals surface area contributed by atoms with Gasteiger partial charge in [-0.15, -0.1) is 0 Å². The molecule has 2 aliphatic rings. The van der Waals surface area contributed by atoms with E-state index >= 15 is 0 Å². The van der Waals surface area contributed by atoms with Gasteiger partial charge in [-0.1, -0.05) is 127 Å². The van der Waals surface area contributed by atoms with Crippen molar-refractivity contribution in [3.05, 3.63) is 155 Å². The first-order chi connectivity index (χ1) is 19.8. The highest BCUT2D eigenvalue weighted by molar-refractivity contribution is 6.05. The highest BCUT2D eigenvalue weighted by Gasteiger charge is 2.33. The predicted octanol–water partition coefficient (Wildman–Crippen LogP) is 8.94. The molecule has 40 heavy (non-hydrogen) atoms. The Kier molecular flexibility index (Phi) is 4.54. The van der Waals surface area contributed by atoms with Crippen LogP contribution < -0.4 is 10.4 Å². The molecule has 0 amide bonds. The van der Waals surface area contributed by atoms with E-state index < -0.39 is 0 Å². The summed E-state index contributed by atoms with van der Waals surface area (Å²) in [5, 5.41) is 10.6. The molecular formula is C40H26. The lowest BCUT2D eigenvalue weighted by atomic mass is 9.85. The van der Waals surface area contributed by atoms with Crippen molar-refractivity contribution in [1.82, 2.24) is 0 Å². The summed E-state index contributed by atoms with van der Waals surface area (Å²) in [4.78, 5) is 0. The van der Waals surface area contributed by atoms with Gasteiger partial charge in [0, 0.05) is 11.8 Å². The van der Waals surface area contributed by atoms with E-state index in [1.807, 2.05) is 0 Å². The third-order valence-electron chi connectivity index (χ3n) is 9.16. The Bertz CT molecular complexity index is 2240. The zero-order valence-corrected chi connectivity index (χ0v) is 22.0. The number of rotatable bonds is 2. The van der Waals surface area contributed by atoms with Crippen molar-refractivity contribution >= 4 is 44.5 Å². The van der Waals surface area contributed by atoms with E-state index in [0.29, 0.717) is 11.8 Å². The van der Waals surface area contributed by atoms with Crippen LogP contribution in [0.4, 0.5) is 0 Å². The van der Waals surface area contributed by atoms with E-state index in [1.165, 1.54) is 76.1 Å². The fourth-order valence-electron chi connectivity index (χ4n) is 7.21. The standard InChI is InChI=1S/C40H26/c1-2-7-26-20-29(13-12-25(26)6-1)30-14-15-32-22-33(17-16-31(32)21-30)34-18-19-37-39-24-28-9-4-3-8-27(28)23-38(39)36-11-5-10-35(34)40(36)37/h1-24,38-39H. The van der Waals surface area contributed by atoms with E-state index in [2.05, 4.69) is 146 Å². The lowest BCUT2D eigenvalue weighted by Gasteiger charge is -2.18. The Morgan fingerprint density at radius 2 is 0.925 bits per heavy atom.